The molecule has 1 N–H and O–H groups in total. The largest absolute Gasteiger partial charge is 0.347 e. The summed E-state index contributed by atoms with van der Waals surface area (Å²) in [5.41, 5.74) is 1.01. The van der Waals surface area contributed by atoms with Crippen molar-refractivity contribution in [1.82, 2.24) is 19.2 Å². The van der Waals surface area contributed by atoms with Crippen LogP contribution < -0.4 is 10.9 Å². The molecule has 0 fully saturated rings. The first kappa shape index (κ1) is 19.1. The summed E-state index contributed by atoms with van der Waals surface area (Å²) in [6.07, 6.45) is 5.05. The number of aromatic nitrogens is 3. The van der Waals surface area contributed by atoms with E-state index in [0.717, 1.165) is 5.56 Å². The van der Waals surface area contributed by atoms with Crippen molar-refractivity contribution in [1.29, 1.82) is 0 Å². The summed E-state index contributed by atoms with van der Waals surface area (Å²) in [6, 6.07) is 12.2. The summed E-state index contributed by atoms with van der Waals surface area (Å²) in [7, 11) is 3.22. The van der Waals surface area contributed by atoms with Crippen molar-refractivity contribution < 1.29 is 9.59 Å². The van der Waals surface area contributed by atoms with Crippen LogP contribution in [-0.2, 0) is 17.9 Å². The predicted molar refractivity (Wildman–Crippen MR) is 105 cm³/mol. The molecule has 1 aromatic carbocycles. The van der Waals surface area contributed by atoms with Crippen LogP contribution in [-0.4, -0.2) is 45.2 Å². The van der Waals surface area contributed by atoms with Crippen LogP contribution in [0.15, 0.2) is 65.8 Å². The molecule has 0 saturated carbocycles. The fourth-order valence-corrected chi connectivity index (χ4v) is 2.65. The smallest absolute Gasteiger partial charge is 0.263 e. The Hall–Kier alpha value is -3.68. The number of nitrogens with zero attached hydrogens (tertiary/aromatic N) is 4. The van der Waals surface area contributed by atoms with Crippen molar-refractivity contribution in [2.24, 2.45) is 0 Å². The molecule has 2 amide bonds. The van der Waals surface area contributed by atoms with Crippen molar-refractivity contribution in [3.63, 3.8) is 0 Å². The number of amides is 2. The van der Waals surface area contributed by atoms with Gasteiger partial charge in [-0.1, -0.05) is 12.1 Å². The van der Waals surface area contributed by atoms with Gasteiger partial charge in [0.15, 0.2) is 0 Å². The van der Waals surface area contributed by atoms with E-state index in [0.29, 0.717) is 12.2 Å². The molecule has 28 heavy (non-hydrogen) atoms. The second-order valence-electron chi connectivity index (χ2n) is 6.50. The van der Waals surface area contributed by atoms with Crippen LogP contribution in [0.3, 0.4) is 0 Å². The van der Waals surface area contributed by atoms with Crippen LogP contribution in [0.2, 0.25) is 0 Å². The first-order valence-corrected chi connectivity index (χ1v) is 8.71. The summed E-state index contributed by atoms with van der Waals surface area (Å²) in [6.45, 7) is 0.452. The lowest BCUT2D eigenvalue weighted by Crippen LogP contribution is -2.34. The van der Waals surface area contributed by atoms with E-state index < -0.39 is 11.5 Å². The Morgan fingerprint density at radius 3 is 2.64 bits per heavy atom. The van der Waals surface area contributed by atoms with Gasteiger partial charge in [0.05, 0.1) is 6.54 Å². The van der Waals surface area contributed by atoms with Gasteiger partial charge in [0.2, 0.25) is 5.91 Å². The summed E-state index contributed by atoms with van der Waals surface area (Å²) in [5.74, 6) is -0.751. The van der Waals surface area contributed by atoms with Crippen molar-refractivity contribution in [3.8, 4) is 0 Å². The SMILES string of the molecule is CN(C)C(=O)Cn1cccc(C(=O)Nc2cccc(Cn3cccn3)c2)c1=O. The molecule has 0 aliphatic heterocycles. The molecule has 0 unspecified atom stereocenters. The predicted octanol–water partition coefficient (Wildman–Crippen LogP) is 1.43. The highest BCUT2D eigenvalue weighted by Crippen LogP contribution is 2.12. The third-order valence-corrected chi connectivity index (χ3v) is 4.16. The van der Waals surface area contributed by atoms with Gasteiger partial charge in [0.25, 0.3) is 11.5 Å². The summed E-state index contributed by atoms with van der Waals surface area (Å²) >= 11 is 0. The summed E-state index contributed by atoms with van der Waals surface area (Å²) in [5, 5.41) is 6.91. The molecule has 144 valence electrons. The maximum Gasteiger partial charge on any atom is 0.263 e. The van der Waals surface area contributed by atoms with E-state index in [9.17, 15) is 14.4 Å². The topological polar surface area (TPSA) is 89.2 Å². The quantitative estimate of drug-likeness (QED) is 0.702. The van der Waals surface area contributed by atoms with Crippen LogP contribution >= 0.6 is 0 Å². The lowest BCUT2D eigenvalue weighted by molar-refractivity contribution is -0.129. The Morgan fingerprint density at radius 2 is 1.93 bits per heavy atom. The van der Waals surface area contributed by atoms with Crippen molar-refractivity contribution in [3.05, 3.63) is 82.5 Å². The lowest BCUT2D eigenvalue weighted by Gasteiger charge is -2.12. The maximum absolute atomic E-state index is 12.6. The summed E-state index contributed by atoms with van der Waals surface area (Å²) < 4.78 is 3.00. The highest BCUT2D eigenvalue weighted by Gasteiger charge is 2.14. The molecule has 3 rings (SSSR count). The molecule has 2 heterocycles. The van der Waals surface area contributed by atoms with Gasteiger partial charge in [-0.3, -0.25) is 19.1 Å². The third-order valence-electron chi connectivity index (χ3n) is 4.16. The molecular formula is C20H21N5O3. The number of carbonyl (C=O) groups excluding carboxylic acids is 2. The van der Waals surface area contributed by atoms with E-state index in [1.165, 1.54) is 21.7 Å². The Balaban J connectivity index is 1.76. The van der Waals surface area contributed by atoms with Gasteiger partial charge in [-0.25, -0.2) is 0 Å². The van der Waals surface area contributed by atoms with E-state index >= 15 is 0 Å². The fourth-order valence-electron chi connectivity index (χ4n) is 2.65. The number of hydrogen-bond acceptors (Lipinski definition) is 4. The zero-order valence-corrected chi connectivity index (χ0v) is 15.7. The fraction of sp³-hybridized carbons (Fsp3) is 0.200. The molecule has 8 heteroatoms. The van der Waals surface area contributed by atoms with Gasteiger partial charge in [-0.2, -0.15) is 5.10 Å². The Morgan fingerprint density at radius 1 is 1.11 bits per heavy atom. The Kier molecular flexibility index (Phi) is 5.69. The number of likely N-dealkylation sites (N-methyl/N-ethyl adjacent to an activating group) is 1. The highest BCUT2D eigenvalue weighted by molar-refractivity contribution is 6.04. The minimum Gasteiger partial charge on any atom is -0.347 e. The zero-order valence-electron chi connectivity index (χ0n) is 15.7. The van der Waals surface area contributed by atoms with Crippen LogP contribution in [0.25, 0.3) is 0 Å². The number of hydrogen-bond donors (Lipinski definition) is 1. The van der Waals surface area contributed by atoms with Crippen LogP contribution in [0.1, 0.15) is 15.9 Å². The van der Waals surface area contributed by atoms with Crippen LogP contribution in [0.4, 0.5) is 5.69 Å². The highest BCUT2D eigenvalue weighted by atomic mass is 16.2. The third kappa shape index (κ3) is 4.53. The number of pyridine rings is 1. The Bertz CT molecular complexity index is 1040. The second-order valence-corrected chi connectivity index (χ2v) is 6.50. The van der Waals surface area contributed by atoms with Crippen LogP contribution in [0, 0.1) is 0 Å². The molecule has 0 spiro atoms. The van der Waals surface area contributed by atoms with Gasteiger partial charge < -0.3 is 14.8 Å². The summed E-state index contributed by atoms with van der Waals surface area (Å²) in [4.78, 5) is 38.4. The minimum atomic E-state index is -0.520. The number of benzene rings is 1. The van der Waals surface area contributed by atoms with Crippen molar-refractivity contribution in [2.75, 3.05) is 19.4 Å². The molecule has 0 atom stereocenters. The molecule has 0 bridgehead atoms. The number of anilines is 1. The van der Waals surface area contributed by atoms with Gasteiger partial charge in [-0.15, -0.1) is 0 Å². The lowest BCUT2D eigenvalue weighted by atomic mass is 10.2. The Labute approximate surface area is 162 Å². The van der Waals surface area contributed by atoms with E-state index in [4.69, 9.17) is 0 Å². The molecule has 0 aliphatic carbocycles. The van der Waals surface area contributed by atoms with E-state index in [1.807, 2.05) is 30.5 Å². The van der Waals surface area contributed by atoms with Gasteiger partial charge >= 0.3 is 0 Å². The second kappa shape index (κ2) is 8.34. The first-order chi connectivity index (χ1) is 13.4. The molecule has 2 aromatic heterocycles. The van der Waals surface area contributed by atoms with E-state index in [-0.39, 0.29) is 18.0 Å². The average molecular weight is 379 g/mol. The minimum absolute atomic E-state index is 0.0217. The number of carbonyl (C=O) groups is 2. The van der Waals surface area contributed by atoms with Crippen LogP contribution in [0.5, 0.6) is 0 Å². The van der Waals surface area contributed by atoms with Gasteiger partial charge in [0, 0.05) is 38.4 Å². The monoisotopic (exact) mass is 379 g/mol. The van der Waals surface area contributed by atoms with Crippen molar-refractivity contribution in [2.45, 2.75) is 13.1 Å². The van der Waals surface area contributed by atoms with E-state index in [2.05, 4.69) is 10.4 Å². The average Bonchev–Trinajstić information content (AvgIpc) is 3.16. The zero-order chi connectivity index (χ0) is 20.1. The number of rotatable bonds is 6. The molecule has 0 saturated heterocycles. The first-order valence-electron chi connectivity index (χ1n) is 8.71. The molecule has 8 nitrogen and oxygen atoms in total. The molecule has 0 radical (unpaired) electrons. The van der Waals surface area contributed by atoms with Gasteiger partial charge in [-0.05, 0) is 35.9 Å². The standard InChI is InChI=1S/C20H21N5O3/c1-23(2)18(26)14-24-10-4-8-17(20(24)28)19(27)22-16-7-3-6-15(12-16)13-25-11-5-9-21-25/h3-12H,13-14H2,1-2H3,(H,22,27). The van der Waals surface area contributed by atoms with Gasteiger partial charge in [0.1, 0.15) is 12.1 Å². The molecular weight excluding hydrogens is 358 g/mol. The molecule has 3 aromatic rings. The van der Waals surface area contributed by atoms with Crippen molar-refractivity contribution >= 4 is 17.5 Å². The number of nitrogens with one attached hydrogen (secondary N) is 1. The normalized spacial score (nSPS) is 10.5. The maximum atomic E-state index is 12.6. The van der Waals surface area contributed by atoms with E-state index in [1.54, 1.807) is 37.1 Å². The molecule has 0 aliphatic rings.